The molecule has 0 saturated carbocycles. The van der Waals surface area contributed by atoms with Gasteiger partial charge in [-0.3, -0.25) is 9.59 Å². The molecule has 0 unspecified atom stereocenters. The minimum absolute atomic E-state index is 0.322. The molecule has 142 valence electrons. The topological polar surface area (TPSA) is 88.4 Å². The normalized spacial score (nSPS) is 10.9. The summed E-state index contributed by atoms with van der Waals surface area (Å²) < 4.78 is 1.79. The van der Waals surface area contributed by atoms with E-state index in [1.54, 1.807) is 15.9 Å². The van der Waals surface area contributed by atoms with Gasteiger partial charge in [0.05, 0.1) is 10.6 Å². The molecule has 4 aromatic rings. The van der Waals surface area contributed by atoms with Crippen LogP contribution in [-0.4, -0.2) is 33.0 Å². The molecule has 2 amide bonds. The molecular formula is C19H17N5O2S2. The van der Waals surface area contributed by atoms with Crippen molar-refractivity contribution in [3.63, 3.8) is 0 Å². The molecule has 0 fully saturated rings. The molecule has 1 aromatic carbocycles. The quantitative estimate of drug-likeness (QED) is 0.477. The fourth-order valence-corrected chi connectivity index (χ4v) is 4.16. The number of rotatable bonds is 6. The van der Waals surface area contributed by atoms with Crippen LogP contribution in [-0.2, 0) is 22.6 Å². The van der Waals surface area contributed by atoms with Crippen molar-refractivity contribution in [3.05, 3.63) is 64.5 Å². The van der Waals surface area contributed by atoms with Crippen molar-refractivity contribution in [3.8, 4) is 10.7 Å². The smallest absolute Gasteiger partial charge is 0.309 e. The molecule has 0 atom stereocenters. The number of benzene rings is 1. The van der Waals surface area contributed by atoms with Crippen LogP contribution in [0.25, 0.3) is 15.7 Å². The molecule has 2 N–H and O–H groups in total. The summed E-state index contributed by atoms with van der Waals surface area (Å²) in [5.41, 5.74) is 1.89. The van der Waals surface area contributed by atoms with Crippen molar-refractivity contribution in [1.29, 1.82) is 0 Å². The number of thiazole rings is 1. The van der Waals surface area contributed by atoms with Crippen molar-refractivity contribution in [1.82, 2.24) is 25.2 Å². The standard InChI is InChI=1S/C19H17N5O2S2/c25-17(18(26)21-11-13-5-2-1-3-6-13)20-9-8-14-12-28-19-22-16(23-24(14)19)15-7-4-10-27-15/h1-7,10,12H,8-9,11H2,(H,20,25)(H,21,26). The van der Waals surface area contributed by atoms with Gasteiger partial charge in [0.2, 0.25) is 4.96 Å². The van der Waals surface area contributed by atoms with Gasteiger partial charge in [-0.1, -0.05) is 36.4 Å². The molecule has 0 aliphatic heterocycles. The lowest BCUT2D eigenvalue weighted by molar-refractivity contribution is -0.139. The number of thiophene rings is 1. The first-order valence-corrected chi connectivity index (χ1v) is 10.4. The Labute approximate surface area is 169 Å². The van der Waals surface area contributed by atoms with Crippen LogP contribution in [0.2, 0.25) is 0 Å². The van der Waals surface area contributed by atoms with Gasteiger partial charge < -0.3 is 10.6 Å². The fraction of sp³-hybridized carbons (Fsp3) is 0.158. The van der Waals surface area contributed by atoms with Gasteiger partial charge in [-0.05, 0) is 17.0 Å². The number of hydrogen-bond acceptors (Lipinski definition) is 6. The lowest BCUT2D eigenvalue weighted by Crippen LogP contribution is -2.40. The van der Waals surface area contributed by atoms with Gasteiger partial charge in [-0.2, -0.15) is 4.98 Å². The van der Waals surface area contributed by atoms with E-state index < -0.39 is 11.8 Å². The Morgan fingerprint density at radius 2 is 1.82 bits per heavy atom. The molecule has 0 radical (unpaired) electrons. The maximum atomic E-state index is 12.0. The van der Waals surface area contributed by atoms with Crippen LogP contribution in [0.1, 0.15) is 11.3 Å². The number of nitrogens with zero attached hydrogens (tertiary/aromatic N) is 3. The average molecular weight is 412 g/mol. The zero-order valence-corrected chi connectivity index (χ0v) is 16.4. The third-order valence-electron chi connectivity index (χ3n) is 4.06. The Hall–Kier alpha value is -3.04. The van der Waals surface area contributed by atoms with E-state index in [1.807, 2.05) is 53.2 Å². The molecular weight excluding hydrogens is 394 g/mol. The molecule has 3 heterocycles. The van der Waals surface area contributed by atoms with Gasteiger partial charge in [-0.15, -0.1) is 27.8 Å². The number of carbonyl (C=O) groups is 2. The number of nitrogens with one attached hydrogen (secondary N) is 2. The summed E-state index contributed by atoms with van der Waals surface area (Å²) in [7, 11) is 0. The van der Waals surface area contributed by atoms with Crippen molar-refractivity contribution >= 4 is 39.4 Å². The summed E-state index contributed by atoms with van der Waals surface area (Å²) in [6.45, 7) is 0.667. The van der Waals surface area contributed by atoms with Crippen LogP contribution in [0.4, 0.5) is 0 Å². The SMILES string of the molecule is O=C(NCCc1csc2nc(-c3cccs3)nn12)C(=O)NCc1ccccc1. The van der Waals surface area contributed by atoms with E-state index in [-0.39, 0.29) is 0 Å². The van der Waals surface area contributed by atoms with Crippen LogP contribution in [0.5, 0.6) is 0 Å². The van der Waals surface area contributed by atoms with Crippen LogP contribution < -0.4 is 10.6 Å². The van der Waals surface area contributed by atoms with Gasteiger partial charge in [0, 0.05) is 24.9 Å². The number of carbonyl (C=O) groups excluding carboxylic acids is 2. The van der Waals surface area contributed by atoms with E-state index in [0.29, 0.717) is 25.3 Å². The highest BCUT2D eigenvalue weighted by Gasteiger charge is 2.14. The minimum atomic E-state index is -0.639. The molecule has 0 bridgehead atoms. The number of amides is 2. The van der Waals surface area contributed by atoms with E-state index >= 15 is 0 Å². The second-order valence-electron chi connectivity index (χ2n) is 6.01. The Kier molecular flexibility index (Phi) is 5.45. The van der Waals surface area contributed by atoms with Crippen molar-refractivity contribution < 1.29 is 9.59 Å². The lowest BCUT2D eigenvalue weighted by Gasteiger charge is -2.06. The molecule has 28 heavy (non-hydrogen) atoms. The van der Waals surface area contributed by atoms with E-state index in [0.717, 1.165) is 21.1 Å². The summed E-state index contributed by atoms with van der Waals surface area (Å²) in [6, 6.07) is 13.4. The molecule has 0 aliphatic carbocycles. The fourth-order valence-electron chi connectivity index (χ4n) is 2.65. The molecule has 0 saturated heterocycles. The highest BCUT2D eigenvalue weighted by atomic mass is 32.1. The zero-order chi connectivity index (χ0) is 19.3. The summed E-state index contributed by atoms with van der Waals surface area (Å²) in [4.78, 5) is 30.2. The van der Waals surface area contributed by atoms with Gasteiger partial charge in [0.25, 0.3) is 0 Å². The first kappa shape index (κ1) is 18.3. The van der Waals surface area contributed by atoms with Crippen molar-refractivity contribution in [2.75, 3.05) is 6.54 Å². The van der Waals surface area contributed by atoms with Gasteiger partial charge >= 0.3 is 11.8 Å². The van der Waals surface area contributed by atoms with Crippen LogP contribution in [0.15, 0.2) is 53.2 Å². The summed E-state index contributed by atoms with van der Waals surface area (Å²) in [6.07, 6.45) is 0.560. The number of aromatic nitrogens is 3. The number of fused-ring (bicyclic) bond motifs is 1. The lowest BCUT2D eigenvalue weighted by atomic mass is 10.2. The van der Waals surface area contributed by atoms with Gasteiger partial charge in [0.15, 0.2) is 5.82 Å². The van der Waals surface area contributed by atoms with Gasteiger partial charge in [-0.25, -0.2) is 4.52 Å². The maximum absolute atomic E-state index is 12.0. The largest absolute Gasteiger partial charge is 0.347 e. The van der Waals surface area contributed by atoms with E-state index in [4.69, 9.17) is 0 Å². The first-order chi connectivity index (χ1) is 13.7. The average Bonchev–Trinajstić information content (AvgIpc) is 3.44. The minimum Gasteiger partial charge on any atom is -0.347 e. The monoisotopic (exact) mass is 411 g/mol. The molecule has 0 spiro atoms. The third kappa shape index (κ3) is 4.10. The Morgan fingerprint density at radius 1 is 1.00 bits per heavy atom. The zero-order valence-electron chi connectivity index (χ0n) is 14.8. The Balaban J connectivity index is 1.29. The van der Waals surface area contributed by atoms with E-state index in [9.17, 15) is 9.59 Å². The molecule has 4 rings (SSSR count). The van der Waals surface area contributed by atoms with Crippen molar-refractivity contribution in [2.45, 2.75) is 13.0 Å². The number of hydrogen-bond donors (Lipinski definition) is 2. The van der Waals surface area contributed by atoms with Crippen molar-refractivity contribution in [2.24, 2.45) is 0 Å². The summed E-state index contributed by atoms with van der Waals surface area (Å²) in [5.74, 6) is -0.576. The molecule has 7 nitrogen and oxygen atoms in total. The molecule has 9 heteroatoms. The second-order valence-corrected chi connectivity index (χ2v) is 7.79. The summed E-state index contributed by atoms with van der Waals surface area (Å²) in [5, 5.41) is 13.8. The highest BCUT2D eigenvalue weighted by Crippen LogP contribution is 2.24. The van der Waals surface area contributed by atoms with Crippen LogP contribution >= 0.6 is 22.7 Å². The van der Waals surface area contributed by atoms with Gasteiger partial charge in [0.1, 0.15) is 0 Å². The van der Waals surface area contributed by atoms with E-state index in [1.165, 1.54) is 11.3 Å². The maximum Gasteiger partial charge on any atom is 0.309 e. The Morgan fingerprint density at radius 3 is 2.61 bits per heavy atom. The van der Waals surface area contributed by atoms with Crippen LogP contribution in [0, 0.1) is 0 Å². The van der Waals surface area contributed by atoms with E-state index in [2.05, 4.69) is 20.7 Å². The molecule has 0 aliphatic rings. The second kappa shape index (κ2) is 8.32. The predicted octanol–water partition coefficient (Wildman–Crippen LogP) is 2.49. The predicted molar refractivity (Wildman–Crippen MR) is 109 cm³/mol. The first-order valence-electron chi connectivity index (χ1n) is 8.67. The summed E-state index contributed by atoms with van der Waals surface area (Å²) >= 11 is 3.10. The molecule has 3 aromatic heterocycles. The third-order valence-corrected chi connectivity index (χ3v) is 5.79. The van der Waals surface area contributed by atoms with Crippen LogP contribution in [0.3, 0.4) is 0 Å². The highest BCUT2D eigenvalue weighted by molar-refractivity contribution is 7.15. The Bertz CT molecular complexity index is 1090.